The van der Waals surface area contributed by atoms with Gasteiger partial charge in [-0.25, -0.2) is 13.9 Å². The molecule has 0 fully saturated rings. The lowest BCUT2D eigenvalue weighted by Gasteiger charge is -2.05. The van der Waals surface area contributed by atoms with Gasteiger partial charge in [-0.3, -0.25) is 5.73 Å². The summed E-state index contributed by atoms with van der Waals surface area (Å²) >= 11 is 0. The molecule has 3 aromatic rings. The molecule has 0 atom stereocenters. The van der Waals surface area contributed by atoms with Crippen LogP contribution in [0.25, 0.3) is 11.0 Å². The number of methoxy groups -OCH3 is 1. The summed E-state index contributed by atoms with van der Waals surface area (Å²) in [4.78, 5) is 18.0. The zero-order chi connectivity index (χ0) is 27.0. The molecular formula is C29H41N3O5. The highest BCUT2D eigenvalue weighted by molar-refractivity contribution is 6.26. The number of nitrogens with two attached hydrogens (primary N) is 1. The van der Waals surface area contributed by atoms with Crippen LogP contribution in [0.1, 0.15) is 76.7 Å². The Hall–Kier alpha value is -3.55. The first-order chi connectivity index (χ1) is 17.9. The quantitative estimate of drug-likeness (QED) is 0.189. The smallest absolute Gasteiger partial charge is 0.356 e. The summed E-state index contributed by atoms with van der Waals surface area (Å²) in [5.74, 6) is -2.29. The number of nitrogen functional groups attached to an aromatic ring is 1. The topological polar surface area (TPSA) is 121 Å². The third-order valence-corrected chi connectivity index (χ3v) is 6.43. The largest absolute Gasteiger partial charge is 0.539 e. The first kappa shape index (κ1) is 29.7. The molecule has 0 aliphatic heterocycles. The highest BCUT2D eigenvalue weighted by Crippen LogP contribution is 2.19. The number of aliphatic carboxylic acids is 2. The predicted molar refractivity (Wildman–Crippen MR) is 143 cm³/mol. The van der Waals surface area contributed by atoms with Crippen molar-refractivity contribution in [3.8, 4) is 5.75 Å². The maximum atomic E-state index is 9.04. The van der Waals surface area contributed by atoms with Crippen LogP contribution in [-0.4, -0.2) is 28.7 Å². The number of carboxylic acid groups (broad SMARTS) is 2. The molecule has 0 aliphatic rings. The predicted octanol–water partition coefficient (Wildman–Crippen LogP) is 4.31. The number of ether oxygens (including phenoxy) is 1. The van der Waals surface area contributed by atoms with E-state index in [1.807, 2.05) is 12.1 Å². The van der Waals surface area contributed by atoms with Gasteiger partial charge in [0.05, 0.1) is 20.2 Å². The van der Waals surface area contributed by atoms with Crippen LogP contribution in [-0.2, 0) is 22.7 Å². The molecule has 3 rings (SSSR count). The second kappa shape index (κ2) is 16.2. The number of carboxylic acids is 2. The van der Waals surface area contributed by atoms with Gasteiger partial charge in [0.25, 0.3) is 0 Å². The van der Waals surface area contributed by atoms with Gasteiger partial charge in [0.2, 0.25) is 0 Å². The Morgan fingerprint density at radius 2 is 1.46 bits per heavy atom. The van der Waals surface area contributed by atoms with Gasteiger partial charge in [-0.05, 0) is 36.2 Å². The van der Waals surface area contributed by atoms with Gasteiger partial charge < -0.3 is 19.7 Å². The van der Waals surface area contributed by atoms with Gasteiger partial charge in [-0.2, -0.15) is 0 Å². The van der Waals surface area contributed by atoms with Crippen molar-refractivity contribution < 1.29 is 29.1 Å². The van der Waals surface area contributed by atoms with Gasteiger partial charge in [-0.1, -0.05) is 89.0 Å². The highest BCUT2D eigenvalue weighted by atomic mass is 16.5. The van der Waals surface area contributed by atoms with Crippen molar-refractivity contribution in [2.24, 2.45) is 0 Å². The summed E-state index contributed by atoms with van der Waals surface area (Å²) in [7, 11) is 1.70. The third kappa shape index (κ3) is 9.79. The Morgan fingerprint density at radius 3 is 2.00 bits per heavy atom. The molecule has 3 N–H and O–H groups in total. The van der Waals surface area contributed by atoms with E-state index in [2.05, 4.69) is 52.5 Å². The van der Waals surface area contributed by atoms with Crippen LogP contribution in [0.3, 0.4) is 0 Å². The summed E-state index contributed by atoms with van der Waals surface area (Å²) in [5, 5.41) is 16.3. The minimum atomic E-state index is -2.07. The van der Waals surface area contributed by atoms with Crippen LogP contribution < -0.4 is 20.1 Å². The van der Waals surface area contributed by atoms with Crippen molar-refractivity contribution in [2.45, 2.75) is 84.2 Å². The van der Waals surface area contributed by atoms with Crippen molar-refractivity contribution in [1.29, 1.82) is 0 Å². The van der Waals surface area contributed by atoms with Crippen molar-refractivity contribution in [3.63, 3.8) is 0 Å². The molecule has 2 aromatic carbocycles. The molecule has 0 amide bonds. The van der Waals surface area contributed by atoms with Gasteiger partial charge in [0, 0.05) is 0 Å². The number of para-hydroxylation sites is 2. The molecule has 202 valence electrons. The second-order valence-electron chi connectivity index (χ2n) is 9.21. The standard InChI is InChI=1S/C27H39N3O.C2H2O4/c1-3-4-5-6-7-8-9-10-11-14-21-29-25-15-12-13-16-26(25)30(27(29)28)22-23-17-19-24(31-2)20-18-23;3-1(4)2(5)6/h12-13,15-20,28H,3-11,14,21-22H2,1-2H3;(H,3,4)(H,5,6). The normalized spacial score (nSPS) is 10.6. The average Bonchev–Trinajstić information content (AvgIpc) is 3.16. The monoisotopic (exact) mass is 511 g/mol. The molecule has 0 radical (unpaired) electrons. The van der Waals surface area contributed by atoms with Crippen LogP contribution in [0, 0.1) is 0 Å². The number of carbonyl (C=O) groups excluding carboxylic acids is 1. The van der Waals surface area contributed by atoms with Crippen molar-refractivity contribution in [2.75, 3.05) is 12.8 Å². The SMILES string of the molecule is CCCCCCCCCCCCn1c(N)[n+](Cc2ccc(OC)cc2)c2ccccc21.O=C([O-])C(=O)O. The number of hydrogen-bond donors (Lipinski definition) is 2. The van der Waals surface area contributed by atoms with Crippen LogP contribution in [0.4, 0.5) is 5.95 Å². The Kier molecular flexibility index (Phi) is 13.0. The summed E-state index contributed by atoms with van der Waals surface area (Å²) < 4.78 is 9.81. The molecule has 0 bridgehead atoms. The second-order valence-corrected chi connectivity index (χ2v) is 9.21. The molecular weight excluding hydrogens is 470 g/mol. The number of imidazole rings is 1. The molecule has 37 heavy (non-hydrogen) atoms. The van der Waals surface area contributed by atoms with Crippen molar-refractivity contribution in [3.05, 3.63) is 54.1 Å². The maximum Gasteiger partial charge on any atom is 0.356 e. The van der Waals surface area contributed by atoms with E-state index in [1.165, 1.54) is 80.8 Å². The Bertz CT molecular complexity index is 1100. The number of carbonyl (C=O) groups is 2. The number of rotatable bonds is 14. The number of aromatic nitrogens is 2. The van der Waals surface area contributed by atoms with E-state index in [-0.39, 0.29) is 0 Å². The molecule has 8 heteroatoms. The first-order valence-electron chi connectivity index (χ1n) is 13.2. The average molecular weight is 512 g/mol. The van der Waals surface area contributed by atoms with Gasteiger partial charge in [-0.15, -0.1) is 0 Å². The number of hydrogen-bond acceptors (Lipinski definition) is 5. The van der Waals surface area contributed by atoms with E-state index in [9.17, 15) is 0 Å². The van der Waals surface area contributed by atoms with Crippen LogP contribution in [0.5, 0.6) is 5.75 Å². The van der Waals surface area contributed by atoms with E-state index >= 15 is 0 Å². The molecule has 0 saturated carbocycles. The first-order valence-corrected chi connectivity index (χ1v) is 13.2. The van der Waals surface area contributed by atoms with Gasteiger partial charge in [0.1, 0.15) is 16.8 Å². The van der Waals surface area contributed by atoms with Crippen molar-refractivity contribution >= 4 is 28.9 Å². The van der Waals surface area contributed by atoms with Crippen LogP contribution in [0.2, 0.25) is 0 Å². The highest BCUT2D eigenvalue weighted by Gasteiger charge is 2.20. The molecule has 8 nitrogen and oxygen atoms in total. The fourth-order valence-electron chi connectivity index (χ4n) is 4.39. The van der Waals surface area contributed by atoms with E-state index in [1.54, 1.807) is 7.11 Å². The minimum Gasteiger partial charge on any atom is -0.539 e. The Labute approximate surface area is 219 Å². The number of nitrogens with zero attached hydrogens (tertiary/aromatic N) is 2. The van der Waals surface area contributed by atoms with Crippen LogP contribution in [0.15, 0.2) is 48.5 Å². The lowest BCUT2D eigenvalue weighted by Crippen LogP contribution is -2.37. The molecule has 1 aromatic heterocycles. The molecule has 0 spiro atoms. The van der Waals surface area contributed by atoms with E-state index in [0.717, 1.165) is 24.8 Å². The fourth-order valence-corrected chi connectivity index (χ4v) is 4.39. The van der Waals surface area contributed by atoms with Gasteiger partial charge >= 0.3 is 11.9 Å². The molecule has 0 saturated heterocycles. The van der Waals surface area contributed by atoms with Gasteiger partial charge in [0.15, 0.2) is 5.97 Å². The Morgan fingerprint density at radius 1 is 0.919 bits per heavy atom. The lowest BCUT2D eigenvalue weighted by molar-refractivity contribution is -0.648. The number of anilines is 1. The number of aryl methyl sites for hydroxylation is 1. The van der Waals surface area contributed by atoms with Crippen LogP contribution >= 0.6 is 0 Å². The summed E-state index contributed by atoms with van der Waals surface area (Å²) in [6.45, 7) is 4.03. The molecule has 1 heterocycles. The number of unbranched alkanes of at least 4 members (excludes halogenated alkanes) is 9. The zero-order valence-electron chi connectivity index (χ0n) is 22.2. The minimum absolute atomic E-state index is 0.765. The maximum absolute atomic E-state index is 9.04. The van der Waals surface area contributed by atoms with Crippen molar-refractivity contribution in [1.82, 2.24) is 4.57 Å². The summed E-state index contributed by atoms with van der Waals surface area (Å²) in [6.07, 6.45) is 13.5. The third-order valence-electron chi connectivity index (χ3n) is 6.43. The number of fused-ring (bicyclic) bond motifs is 1. The number of benzene rings is 2. The lowest BCUT2D eigenvalue weighted by atomic mass is 10.1. The molecule has 0 unspecified atom stereocenters. The fraction of sp³-hybridized carbons (Fsp3) is 0.483. The summed E-state index contributed by atoms with van der Waals surface area (Å²) in [5.41, 5.74) is 10.3. The Balaban J connectivity index is 0.000000717. The van der Waals surface area contributed by atoms with E-state index < -0.39 is 11.9 Å². The zero-order valence-corrected chi connectivity index (χ0v) is 22.2. The molecule has 0 aliphatic carbocycles. The van der Waals surface area contributed by atoms with E-state index in [0.29, 0.717) is 0 Å². The summed E-state index contributed by atoms with van der Waals surface area (Å²) in [6, 6.07) is 16.8. The van der Waals surface area contributed by atoms with E-state index in [4.69, 9.17) is 30.3 Å².